The van der Waals surface area contributed by atoms with Gasteiger partial charge < -0.3 is 0 Å². The molecule has 0 N–H and O–H groups in total. The number of hydrogen-bond acceptors (Lipinski definition) is 2. The van der Waals surface area contributed by atoms with E-state index < -0.39 is 36.8 Å². The molecular weight excluding hydrogens is 410 g/mol. The Balaban J connectivity index is 2.24. The van der Waals surface area contributed by atoms with Crippen molar-refractivity contribution < 1.29 is 18.1 Å². The third kappa shape index (κ3) is 5.06. The summed E-state index contributed by atoms with van der Waals surface area (Å²) in [6, 6.07) is 20.2. The summed E-state index contributed by atoms with van der Waals surface area (Å²) in [5.74, 6) is 0. The lowest BCUT2D eigenvalue weighted by molar-refractivity contribution is -0.479. The smallest absolute Gasteiger partial charge is 0.265 e. The lowest BCUT2D eigenvalue weighted by Gasteiger charge is -2.28. The Kier molecular flexibility index (Phi) is 6.57. The van der Waals surface area contributed by atoms with E-state index in [4.69, 9.17) is 0 Å². The molecule has 0 aromatic heterocycles. The van der Waals surface area contributed by atoms with Crippen molar-refractivity contribution in [1.29, 1.82) is 0 Å². The zero-order valence-electron chi connectivity index (χ0n) is 16.6. The van der Waals surface area contributed by atoms with Crippen molar-refractivity contribution in [3.05, 3.63) is 105 Å². The highest BCUT2D eigenvalue weighted by Gasteiger charge is 2.39. The van der Waals surface area contributed by atoms with Gasteiger partial charge in [0.1, 0.15) is 0 Å². The fraction of sp³-hybridized carbons (Fsp3) is 0.217. The van der Waals surface area contributed by atoms with E-state index in [9.17, 15) is 23.3 Å². The highest BCUT2D eigenvalue weighted by molar-refractivity contribution is 7.73. The van der Waals surface area contributed by atoms with Crippen molar-refractivity contribution in [1.82, 2.24) is 0 Å². The molecule has 3 aromatic carbocycles. The standard InChI is InChI=1S/C23H21F3NO2P/c1-16-7-11-18(12-8-16)30(19-13-9-17(2)10-14-19)22(15-27(28)29)20-5-3-4-6-21(20)23(24,25)26/h3-14,22H,15H2,1-2H3. The van der Waals surface area contributed by atoms with Gasteiger partial charge >= 0.3 is 6.18 Å². The zero-order chi connectivity index (χ0) is 21.9. The molecule has 30 heavy (non-hydrogen) atoms. The Hall–Kier alpha value is -2.72. The summed E-state index contributed by atoms with van der Waals surface area (Å²) in [7, 11) is -1.45. The predicted molar refractivity (Wildman–Crippen MR) is 115 cm³/mol. The molecule has 0 aliphatic heterocycles. The number of hydrogen-bond donors (Lipinski definition) is 0. The first kappa shape index (κ1) is 22.0. The first-order chi connectivity index (χ1) is 14.2. The lowest BCUT2D eigenvalue weighted by Crippen LogP contribution is -2.24. The molecule has 0 aliphatic rings. The fourth-order valence-electron chi connectivity index (χ4n) is 3.43. The topological polar surface area (TPSA) is 43.1 Å². The van der Waals surface area contributed by atoms with Crippen molar-refractivity contribution in [2.24, 2.45) is 0 Å². The molecule has 3 aromatic rings. The van der Waals surface area contributed by atoms with Crippen LogP contribution in [0.25, 0.3) is 0 Å². The van der Waals surface area contributed by atoms with E-state index in [0.29, 0.717) is 0 Å². The number of alkyl halides is 3. The molecule has 0 heterocycles. The average Bonchev–Trinajstić information content (AvgIpc) is 2.69. The molecule has 0 radical (unpaired) electrons. The number of halogens is 3. The normalized spacial score (nSPS) is 12.7. The Labute approximate surface area is 174 Å². The monoisotopic (exact) mass is 431 g/mol. The minimum atomic E-state index is -4.59. The second-order valence-electron chi connectivity index (χ2n) is 7.16. The number of nitro groups is 1. The summed E-state index contributed by atoms with van der Waals surface area (Å²) in [6.07, 6.45) is -4.59. The van der Waals surface area contributed by atoms with Crippen molar-refractivity contribution in [3.8, 4) is 0 Å². The van der Waals surface area contributed by atoms with Gasteiger partial charge in [-0.2, -0.15) is 13.2 Å². The average molecular weight is 431 g/mol. The van der Waals surface area contributed by atoms with Gasteiger partial charge in [-0.25, -0.2) is 0 Å². The van der Waals surface area contributed by atoms with E-state index in [2.05, 4.69) is 0 Å². The van der Waals surface area contributed by atoms with Gasteiger partial charge in [-0.3, -0.25) is 10.1 Å². The third-order valence-corrected chi connectivity index (χ3v) is 7.66. The van der Waals surface area contributed by atoms with Crippen molar-refractivity contribution in [2.75, 3.05) is 6.54 Å². The van der Waals surface area contributed by atoms with E-state index in [1.54, 1.807) is 0 Å². The minimum absolute atomic E-state index is 0.0334. The zero-order valence-corrected chi connectivity index (χ0v) is 17.5. The Morgan fingerprint density at radius 1 is 0.867 bits per heavy atom. The second-order valence-corrected chi connectivity index (χ2v) is 9.55. The highest BCUT2D eigenvalue weighted by Crippen LogP contribution is 2.52. The highest BCUT2D eigenvalue weighted by atomic mass is 31.1. The van der Waals surface area contributed by atoms with Gasteiger partial charge in [0.15, 0.2) is 0 Å². The van der Waals surface area contributed by atoms with Crippen molar-refractivity contribution in [2.45, 2.75) is 25.7 Å². The summed E-state index contributed by atoms with van der Waals surface area (Å²) >= 11 is 0. The third-order valence-electron chi connectivity index (χ3n) is 4.88. The molecule has 0 spiro atoms. The largest absolute Gasteiger partial charge is 0.416 e. The van der Waals surface area contributed by atoms with Gasteiger partial charge in [0.2, 0.25) is 6.54 Å². The summed E-state index contributed by atoms with van der Waals surface area (Å²) in [6.45, 7) is 3.26. The molecule has 156 valence electrons. The quantitative estimate of drug-likeness (QED) is 0.282. The molecule has 7 heteroatoms. The van der Waals surface area contributed by atoms with Gasteiger partial charge in [-0.15, -0.1) is 0 Å². The van der Waals surface area contributed by atoms with Gasteiger partial charge in [0, 0.05) is 4.92 Å². The van der Waals surface area contributed by atoms with Gasteiger partial charge in [-0.1, -0.05) is 77.9 Å². The van der Waals surface area contributed by atoms with Crippen LogP contribution in [0.3, 0.4) is 0 Å². The molecule has 3 rings (SSSR count). The molecule has 1 unspecified atom stereocenters. The summed E-state index contributed by atoms with van der Waals surface area (Å²) in [4.78, 5) is 11.0. The van der Waals surface area contributed by atoms with Crippen molar-refractivity contribution in [3.63, 3.8) is 0 Å². The van der Waals surface area contributed by atoms with Crippen LogP contribution in [0.5, 0.6) is 0 Å². The molecule has 0 fully saturated rings. The molecule has 1 atom stereocenters. The summed E-state index contributed by atoms with van der Waals surface area (Å²) in [5.41, 5.74) is 0.258. The van der Waals surface area contributed by atoms with Crippen LogP contribution in [0.2, 0.25) is 0 Å². The maximum Gasteiger partial charge on any atom is 0.416 e. The molecular formula is C23H21F3NO2P. The van der Waals surface area contributed by atoms with E-state index in [-0.39, 0.29) is 5.56 Å². The first-order valence-corrected chi connectivity index (χ1v) is 10.8. The van der Waals surface area contributed by atoms with E-state index in [1.165, 1.54) is 18.2 Å². The molecule has 0 bridgehead atoms. The number of aryl methyl sites for hydroxylation is 2. The second kappa shape index (κ2) is 8.97. The van der Waals surface area contributed by atoms with Crippen molar-refractivity contribution >= 4 is 18.5 Å². The van der Waals surface area contributed by atoms with Crippen LogP contribution < -0.4 is 10.6 Å². The molecule has 3 nitrogen and oxygen atoms in total. The molecule has 0 amide bonds. The van der Waals surface area contributed by atoms with Gasteiger partial charge in [-0.05, 0) is 44.0 Å². The first-order valence-electron chi connectivity index (χ1n) is 9.37. The Morgan fingerprint density at radius 2 is 1.33 bits per heavy atom. The molecule has 0 saturated heterocycles. The van der Waals surface area contributed by atoms with E-state index in [1.807, 2.05) is 62.4 Å². The number of benzene rings is 3. The maximum absolute atomic E-state index is 13.8. The lowest BCUT2D eigenvalue weighted by atomic mass is 10.0. The van der Waals surface area contributed by atoms with Crippen LogP contribution >= 0.6 is 7.92 Å². The summed E-state index contributed by atoms with van der Waals surface area (Å²) in [5, 5.41) is 13.2. The van der Waals surface area contributed by atoms with Crippen LogP contribution in [0.1, 0.15) is 27.9 Å². The summed E-state index contributed by atoms with van der Waals surface area (Å²) < 4.78 is 41.3. The van der Waals surface area contributed by atoms with Crippen LogP contribution in [-0.2, 0) is 6.18 Å². The van der Waals surface area contributed by atoms with Crippen LogP contribution in [0.15, 0.2) is 72.8 Å². The van der Waals surface area contributed by atoms with E-state index >= 15 is 0 Å². The number of nitrogens with zero attached hydrogens (tertiary/aromatic N) is 1. The Bertz CT molecular complexity index is 972. The fourth-order valence-corrected chi connectivity index (χ4v) is 6.18. The van der Waals surface area contributed by atoms with Gasteiger partial charge in [0.25, 0.3) is 0 Å². The predicted octanol–water partition coefficient (Wildman–Crippen LogP) is 5.77. The minimum Gasteiger partial charge on any atom is -0.265 e. The Morgan fingerprint density at radius 3 is 1.77 bits per heavy atom. The maximum atomic E-state index is 13.8. The van der Waals surface area contributed by atoms with Gasteiger partial charge in [0.05, 0.1) is 11.2 Å². The molecule has 0 aliphatic carbocycles. The molecule has 0 saturated carbocycles. The number of rotatable bonds is 6. The van der Waals surface area contributed by atoms with Crippen LogP contribution in [0, 0.1) is 24.0 Å². The SMILES string of the molecule is Cc1ccc(P(c2ccc(C)cc2)C(C[N+](=O)[O-])c2ccccc2C(F)(F)F)cc1. The van der Waals surface area contributed by atoms with Crippen LogP contribution in [-0.4, -0.2) is 11.5 Å². The van der Waals surface area contributed by atoms with E-state index in [0.717, 1.165) is 27.8 Å². The van der Waals surface area contributed by atoms with Crippen LogP contribution in [0.4, 0.5) is 13.2 Å².